The Balaban J connectivity index is 2.12. The predicted molar refractivity (Wildman–Crippen MR) is 56.9 cm³/mol. The van der Waals surface area contributed by atoms with Gasteiger partial charge in [-0.2, -0.15) is 5.26 Å². The van der Waals surface area contributed by atoms with E-state index in [0.29, 0.717) is 17.4 Å². The fraction of sp³-hybridized carbons (Fsp3) is 0.417. The topological polar surface area (TPSA) is 23.8 Å². The molecule has 1 nitrogen and oxygen atoms in total. The summed E-state index contributed by atoms with van der Waals surface area (Å²) < 4.78 is 12.8. The first-order valence-electron chi connectivity index (χ1n) is 5.04. The first-order valence-corrected chi connectivity index (χ1v) is 5.42. The molecule has 2 rings (SSSR count). The highest BCUT2D eigenvalue weighted by molar-refractivity contribution is 6.31. The molecule has 1 atom stereocenters. The molecule has 0 saturated heterocycles. The van der Waals surface area contributed by atoms with Gasteiger partial charge in [0.1, 0.15) is 5.82 Å². The minimum atomic E-state index is -0.330. The molecule has 0 aliphatic heterocycles. The summed E-state index contributed by atoms with van der Waals surface area (Å²) in [5.41, 5.74) is 0.872. The van der Waals surface area contributed by atoms with Crippen molar-refractivity contribution >= 4 is 11.6 Å². The third-order valence-corrected chi connectivity index (χ3v) is 3.16. The fourth-order valence-corrected chi connectivity index (χ4v) is 1.98. The van der Waals surface area contributed by atoms with Crippen molar-refractivity contribution in [3.05, 3.63) is 34.6 Å². The van der Waals surface area contributed by atoms with Gasteiger partial charge in [0.05, 0.1) is 12.0 Å². The maximum Gasteiger partial charge on any atom is 0.124 e. The van der Waals surface area contributed by atoms with Crippen LogP contribution in [0.15, 0.2) is 18.2 Å². The fourth-order valence-electron chi connectivity index (χ4n) is 1.74. The lowest BCUT2D eigenvalue weighted by molar-refractivity contribution is 0.577. The van der Waals surface area contributed by atoms with Crippen LogP contribution >= 0.6 is 11.6 Å². The molecule has 1 aromatic carbocycles. The highest BCUT2D eigenvalue weighted by Gasteiger charge is 2.31. The van der Waals surface area contributed by atoms with Crippen LogP contribution in [0.5, 0.6) is 0 Å². The van der Waals surface area contributed by atoms with Gasteiger partial charge in [0, 0.05) is 5.02 Å². The van der Waals surface area contributed by atoms with Crippen molar-refractivity contribution in [1.29, 1.82) is 5.26 Å². The second kappa shape index (κ2) is 4.20. The maximum absolute atomic E-state index is 12.8. The molecule has 3 heteroatoms. The zero-order valence-corrected chi connectivity index (χ0v) is 8.97. The van der Waals surface area contributed by atoms with Gasteiger partial charge in [-0.25, -0.2) is 4.39 Å². The summed E-state index contributed by atoms with van der Waals surface area (Å²) in [5.74, 6) is 0.229. The second-order valence-corrected chi connectivity index (χ2v) is 4.42. The molecular formula is C12H11ClFN. The van der Waals surface area contributed by atoms with Crippen molar-refractivity contribution in [3.63, 3.8) is 0 Å². The minimum Gasteiger partial charge on any atom is -0.207 e. The number of rotatable bonds is 3. The van der Waals surface area contributed by atoms with Gasteiger partial charge in [-0.1, -0.05) is 17.7 Å². The van der Waals surface area contributed by atoms with Gasteiger partial charge >= 0.3 is 0 Å². The summed E-state index contributed by atoms with van der Waals surface area (Å²) in [6, 6.07) is 6.67. The molecular weight excluding hydrogens is 213 g/mol. The van der Waals surface area contributed by atoms with E-state index in [2.05, 4.69) is 6.07 Å². The van der Waals surface area contributed by atoms with Crippen LogP contribution in [0.4, 0.5) is 4.39 Å². The third kappa shape index (κ3) is 2.49. The summed E-state index contributed by atoms with van der Waals surface area (Å²) in [5, 5.41) is 9.40. The van der Waals surface area contributed by atoms with Gasteiger partial charge in [-0.05, 0) is 42.9 Å². The van der Waals surface area contributed by atoms with Crippen LogP contribution in [0.1, 0.15) is 18.4 Å². The molecule has 0 amide bonds. The number of halogens is 2. The van der Waals surface area contributed by atoms with E-state index in [1.165, 1.54) is 12.1 Å². The maximum atomic E-state index is 12.8. The Labute approximate surface area is 93.5 Å². The molecule has 1 aliphatic rings. The van der Waals surface area contributed by atoms with Gasteiger partial charge in [-0.3, -0.25) is 0 Å². The lowest BCUT2D eigenvalue weighted by Crippen LogP contribution is -2.04. The SMILES string of the molecule is N#CC(Cc1ccc(F)cc1Cl)C1CC1. The van der Waals surface area contributed by atoms with Gasteiger partial charge in [0.25, 0.3) is 0 Å². The van der Waals surface area contributed by atoms with Crippen LogP contribution in [-0.2, 0) is 6.42 Å². The van der Waals surface area contributed by atoms with Crippen molar-refractivity contribution in [2.45, 2.75) is 19.3 Å². The first-order chi connectivity index (χ1) is 7.20. The summed E-state index contributed by atoms with van der Waals surface area (Å²) in [6.07, 6.45) is 2.91. The molecule has 0 heterocycles. The quantitative estimate of drug-likeness (QED) is 0.769. The molecule has 1 aliphatic carbocycles. The average Bonchev–Trinajstić information content (AvgIpc) is 3.00. The smallest absolute Gasteiger partial charge is 0.124 e. The van der Waals surface area contributed by atoms with Crippen LogP contribution in [0.2, 0.25) is 5.02 Å². The zero-order valence-electron chi connectivity index (χ0n) is 8.21. The van der Waals surface area contributed by atoms with E-state index in [9.17, 15) is 4.39 Å². The van der Waals surface area contributed by atoms with Crippen molar-refractivity contribution in [3.8, 4) is 6.07 Å². The largest absolute Gasteiger partial charge is 0.207 e. The monoisotopic (exact) mass is 223 g/mol. The summed E-state index contributed by atoms with van der Waals surface area (Å²) >= 11 is 5.91. The van der Waals surface area contributed by atoms with Crippen LogP contribution < -0.4 is 0 Å². The zero-order chi connectivity index (χ0) is 10.8. The summed E-state index contributed by atoms with van der Waals surface area (Å²) in [6.45, 7) is 0. The van der Waals surface area contributed by atoms with Crippen molar-refractivity contribution in [1.82, 2.24) is 0 Å². The molecule has 0 N–H and O–H groups in total. The summed E-state index contributed by atoms with van der Waals surface area (Å²) in [4.78, 5) is 0. The second-order valence-electron chi connectivity index (χ2n) is 4.01. The van der Waals surface area contributed by atoms with E-state index in [4.69, 9.17) is 16.9 Å². The van der Waals surface area contributed by atoms with Crippen molar-refractivity contribution in [2.24, 2.45) is 11.8 Å². The Morgan fingerprint density at radius 1 is 1.53 bits per heavy atom. The van der Waals surface area contributed by atoms with E-state index >= 15 is 0 Å². The van der Waals surface area contributed by atoms with Gasteiger partial charge in [0.2, 0.25) is 0 Å². The van der Waals surface area contributed by atoms with Gasteiger partial charge < -0.3 is 0 Å². The van der Waals surface area contributed by atoms with Crippen molar-refractivity contribution < 1.29 is 4.39 Å². The Hall–Kier alpha value is -1.07. The van der Waals surface area contributed by atoms with Crippen molar-refractivity contribution in [2.75, 3.05) is 0 Å². The van der Waals surface area contributed by atoms with Crippen LogP contribution in [0, 0.1) is 29.0 Å². The normalized spacial score (nSPS) is 17.1. The number of hydrogen-bond acceptors (Lipinski definition) is 1. The lowest BCUT2D eigenvalue weighted by atomic mass is 9.96. The van der Waals surface area contributed by atoms with Crippen LogP contribution in [0.25, 0.3) is 0 Å². The molecule has 0 radical (unpaired) electrons. The van der Waals surface area contributed by atoms with Gasteiger partial charge in [-0.15, -0.1) is 0 Å². The summed E-state index contributed by atoms with van der Waals surface area (Å²) in [7, 11) is 0. The van der Waals surface area contributed by atoms with E-state index < -0.39 is 0 Å². The molecule has 15 heavy (non-hydrogen) atoms. The molecule has 1 saturated carbocycles. The van der Waals surface area contributed by atoms with E-state index in [-0.39, 0.29) is 11.7 Å². The molecule has 1 fully saturated rings. The number of nitriles is 1. The molecule has 1 unspecified atom stereocenters. The Bertz CT molecular complexity index is 407. The van der Waals surface area contributed by atoms with Gasteiger partial charge in [0.15, 0.2) is 0 Å². The van der Waals surface area contributed by atoms with E-state index in [1.54, 1.807) is 6.07 Å². The molecule has 0 spiro atoms. The third-order valence-electron chi connectivity index (χ3n) is 2.81. The number of benzene rings is 1. The number of nitrogens with zero attached hydrogens (tertiary/aromatic N) is 1. The Kier molecular flexibility index (Phi) is 2.93. The highest BCUT2D eigenvalue weighted by Crippen LogP contribution is 2.38. The van der Waals surface area contributed by atoms with Crippen LogP contribution in [0.3, 0.4) is 0 Å². The average molecular weight is 224 g/mol. The standard InChI is InChI=1S/C12H11ClFN/c13-12-6-11(14)4-3-9(12)5-10(7-15)8-1-2-8/h3-4,6,8,10H,1-2,5H2. The molecule has 0 bridgehead atoms. The van der Waals surface area contributed by atoms with E-state index in [1.807, 2.05) is 0 Å². The molecule has 0 aromatic heterocycles. The number of hydrogen-bond donors (Lipinski definition) is 0. The predicted octanol–water partition coefficient (Wildman–Crippen LogP) is 3.57. The first kappa shape index (κ1) is 10.4. The Morgan fingerprint density at radius 3 is 2.80 bits per heavy atom. The highest BCUT2D eigenvalue weighted by atomic mass is 35.5. The minimum absolute atomic E-state index is 0.0351. The lowest BCUT2D eigenvalue weighted by Gasteiger charge is -2.08. The molecule has 1 aromatic rings. The molecule has 78 valence electrons. The Morgan fingerprint density at radius 2 is 2.27 bits per heavy atom. The van der Waals surface area contributed by atoms with E-state index in [0.717, 1.165) is 18.4 Å². The van der Waals surface area contributed by atoms with Crippen LogP contribution in [-0.4, -0.2) is 0 Å².